The van der Waals surface area contributed by atoms with E-state index in [1.54, 1.807) is 18.2 Å². The van der Waals surface area contributed by atoms with Crippen LogP contribution in [0.15, 0.2) is 49.9 Å². The predicted molar refractivity (Wildman–Crippen MR) is 90.0 cm³/mol. The zero-order chi connectivity index (χ0) is 15.0. The number of benzene rings is 2. The molecule has 4 nitrogen and oxygen atoms in total. The summed E-state index contributed by atoms with van der Waals surface area (Å²) in [6.45, 7) is 0. The van der Waals surface area contributed by atoms with Crippen LogP contribution in [0.5, 0.6) is 0 Å². The number of hydrogen-bond donors (Lipinski definition) is 1. The average molecular weight is 429 g/mol. The molecule has 1 aromatic heterocycles. The van der Waals surface area contributed by atoms with Gasteiger partial charge in [-0.25, -0.2) is 0 Å². The van der Waals surface area contributed by atoms with Crippen LogP contribution in [0.2, 0.25) is 5.02 Å². The molecule has 0 aliphatic carbocycles. The van der Waals surface area contributed by atoms with Crippen molar-refractivity contribution in [1.29, 1.82) is 0 Å². The summed E-state index contributed by atoms with van der Waals surface area (Å²) in [5.74, 6) is 0.894. The maximum absolute atomic E-state index is 5.97. The van der Waals surface area contributed by atoms with E-state index in [9.17, 15) is 0 Å². The van der Waals surface area contributed by atoms with Crippen molar-refractivity contribution in [1.82, 2.24) is 10.1 Å². The quantitative estimate of drug-likeness (QED) is 0.571. The first-order chi connectivity index (χ1) is 10.0. The summed E-state index contributed by atoms with van der Waals surface area (Å²) in [6, 6.07) is 10.9. The summed E-state index contributed by atoms with van der Waals surface area (Å²) in [7, 11) is 0. The Labute approximate surface area is 142 Å². The zero-order valence-corrected chi connectivity index (χ0v) is 14.4. The van der Waals surface area contributed by atoms with Crippen molar-refractivity contribution in [3.63, 3.8) is 0 Å². The SMILES string of the molecule is Nc1cc(Br)cc(-c2nc(-c3ccc(Cl)c(Br)c3)no2)c1. The number of anilines is 1. The van der Waals surface area contributed by atoms with E-state index in [4.69, 9.17) is 21.9 Å². The third-order valence-corrected chi connectivity index (χ3v) is 4.44. The van der Waals surface area contributed by atoms with Crippen molar-refractivity contribution in [2.75, 3.05) is 5.73 Å². The van der Waals surface area contributed by atoms with Crippen LogP contribution in [0.25, 0.3) is 22.8 Å². The van der Waals surface area contributed by atoms with E-state index in [0.717, 1.165) is 20.1 Å². The molecule has 3 rings (SSSR count). The van der Waals surface area contributed by atoms with Crippen LogP contribution in [0.3, 0.4) is 0 Å². The van der Waals surface area contributed by atoms with Crippen molar-refractivity contribution in [2.45, 2.75) is 0 Å². The van der Waals surface area contributed by atoms with E-state index < -0.39 is 0 Å². The van der Waals surface area contributed by atoms with Gasteiger partial charge in [-0.2, -0.15) is 4.98 Å². The summed E-state index contributed by atoms with van der Waals surface area (Å²) < 4.78 is 6.93. The van der Waals surface area contributed by atoms with Gasteiger partial charge >= 0.3 is 0 Å². The first-order valence-electron chi connectivity index (χ1n) is 5.88. The van der Waals surface area contributed by atoms with E-state index in [0.29, 0.717) is 22.4 Å². The fraction of sp³-hybridized carbons (Fsp3) is 0. The highest BCUT2D eigenvalue weighted by atomic mass is 79.9. The van der Waals surface area contributed by atoms with Crippen LogP contribution in [0, 0.1) is 0 Å². The Morgan fingerprint density at radius 2 is 1.86 bits per heavy atom. The molecule has 1 heterocycles. The number of halogens is 3. The molecule has 0 aliphatic heterocycles. The Morgan fingerprint density at radius 3 is 2.57 bits per heavy atom. The molecule has 0 saturated heterocycles. The first-order valence-corrected chi connectivity index (χ1v) is 7.85. The number of hydrogen-bond acceptors (Lipinski definition) is 4. The van der Waals surface area contributed by atoms with Gasteiger partial charge in [0.05, 0.1) is 5.02 Å². The van der Waals surface area contributed by atoms with Crippen LogP contribution in [0.4, 0.5) is 5.69 Å². The number of nitrogens with zero attached hydrogens (tertiary/aromatic N) is 2. The molecule has 3 aromatic rings. The number of aromatic nitrogens is 2. The lowest BCUT2D eigenvalue weighted by Crippen LogP contribution is -1.87. The summed E-state index contributed by atoms with van der Waals surface area (Å²) in [5, 5.41) is 4.61. The van der Waals surface area contributed by atoms with Gasteiger partial charge in [0.1, 0.15) is 0 Å². The van der Waals surface area contributed by atoms with E-state index in [1.807, 2.05) is 18.2 Å². The minimum absolute atomic E-state index is 0.407. The molecule has 7 heteroatoms. The van der Waals surface area contributed by atoms with Crippen LogP contribution < -0.4 is 5.73 Å². The summed E-state index contributed by atoms with van der Waals surface area (Å²) >= 11 is 12.7. The molecule has 0 radical (unpaired) electrons. The average Bonchev–Trinajstić information content (AvgIpc) is 2.90. The van der Waals surface area contributed by atoms with E-state index in [1.165, 1.54) is 0 Å². The van der Waals surface area contributed by atoms with Gasteiger partial charge in [-0.1, -0.05) is 32.7 Å². The van der Waals surface area contributed by atoms with Crippen molar-refractivity contribution in [3.8, 4) is 22.8 Å². The van der Waals surface area contributed by atoms with Gasteiger partial charge in [0, 0.05) is 25.8 Å². The lowest BCUT2D eigenvalue weighted by atomic mass is 10.2. The molecule has 2 aromatic carbocycles. The molecule has 0 unspecified atom stereocenters. The first kappa shape index (κ1) is 14.6. The molecule has 0 aliphatic rings. The van der Waals surface area contributed by atoms with Crippen LogP contribution in [-0.4, -0.2) is 10.1 Å². The van der Waals surface area contributed by atoms with E-state index >= 15 is 0 Å². The molecule has 0 saturated carbocycles. The monoisotopic (exact) mass is 427 g/mol. The minimum atomic E-state index is 0.407. The van der Waals surface area contributed by atoms with Crippen LogP contribution >= 0.6 is 43.5 Å². The number of rotatable bonds is 2. The van der Waals surface area contributed by atoms with E-state index in [-0.39, 0.29) is 0 Å². The molecule has 2 N–H and O–H groups in total. The Hall–Kier alpha value is -1.37. The number of nitrogen functional groups attached to an aromatic ring is 1. The topological polar surface area (TPSA) is 64.9 Å². The zero-order valence-electron chi connectivity index (χ0n) is 10.5. The van der Waals surface area contributed by atoms with Gasteiger partial charge in [-0.3, -0.25) is 0 Å². The minimum Gasteiger partial charge on any atom is -0.399 e. The highest BCUT2D eigenvalue weighted by Gasteiger charge is 2.12. The predicted octanol–water partition coefficient (Wildman–Crippen LogP) is 5.16. The van der Waals surface area contributed by atoms with Gasteiger partial charge in [0.2, 0.25) is 5.82 Å². The van der Waals surface area contributed by atoms with Gasteiger partial charge in [0.25, 0.3) is 5.89 Å². The lowest BCUT2D eigenvalue weighted by molar-refractivity contribution is 0.432. The molecule has 0 fully saturated rings. The highest BCUT2D eigenvalue weighted by Crippen LogP contribution is 2.30. The number of nitrogens with two attached hydrogens (primary N) is 1. The fourth-order valence-corrected chi connectivity index (χ4v) is 2.84. The largest absolute Gasteiger partial charge is 0.399 e. The van der Waals surface area contributed by atoms with Crippen molar-refractivity contribution in [3.05, 3.63) is 50.4 Å². The van der Waals surface area contributed by atoms with Crippen molar-refractivity contribution < 1.29 is 4.52 Å². The summed E-state index contributed by atoms with van der Waals surface area (Å²) in [4.78, 5) is 4.39. The molecular formula is C14H8Br2ClN3O. The highest BCUT2D eigenvalue weighted by molar-refractivity contribution is 9.10. The molecular weight excluding hydrogens is 421 g/mol. The maximum Gasteiger partial charge on any atom is 0.258 e. The van der Waals surface area contributed by atoms with Gasteiger partial charge in [-0.15, -0.1) is 0 Å². The van der Waals surface area contributed by atoms with Crippen LogP contribution in [-0.2, 0) is 0 Å². The van der Waals surface area contributed by atoms with Crippen molar-refractivity contribution in [2.24, 2.45) is 0 Å². The third kappa shape index (κ3) is 3.12. The molecule has 0 bridgehead atoms. The normalized spacial score (nSPS) is 10.8. The summed E-state index contributed by atoms with van der Waals surface area (Å²) in [5.41, 5.74) is 8.00. The molecule has 0 spiro atoms. The van der Waals surface area contributed by atoms with Crippen molar-refractivity contribution >= 4 is 49.1 Å². The molecule has 0 amide bonds. The molecule has 0 atom stereocenters. The Kier molecular flexibility index (Phi) is 4.01. The molecule has 106 valence electrons. The fourth-order valence-electron chi connectivity index (χ4n) is 1.83. The van der Waals surface area contributed by atoms with Gasteiger partial charge in [0.15, 0.2) is 0 Å². The Bertz CT molecular complexity index is 799. The Balaban J connectivity index is 2.01. The smallest absolute Gasteiger partial charge is 0.258 e. The van der Waals surface area contributed by atoms with Gasteiger partial charge < -0.3 is 10.3 Å². The van der Waals surface area contributed by atoms with Crippen LogP contribution in [0.1, 0.15) is 0 Å². The lowest BCUT2D eigenvalue weighted by Gasteiger charge is -1.99. The summed E-state index contributed by atoms with van der Waals surface area (Å²) in [6.07, 6.45) is 0. The second-order valence-corrected chi connectivity index (χ2v) is 6.50. The molecule has 21 heavy (non-hydrogen) atoms. The standard InChI is InChI=1S/C14H8Br2ClN3O/c15-9-3-8(4-10(18)6-9)14-19-13(20-21-14)7-1-2-12(17)11(16)5-7/h1-6H,18H2. The van der Waals surface area contributed by atoms with Gasteiger partial charge in [-0.05, 0) is 52.3 Å². The van der Waals surface area contributed by atoms with E-state index in [2.05, 4.69) is 42.0 Å². The second-order valence-electron chi connectivity index (χ2n) is 4.33. The maximum atomic E-state index is 5.97. The Morgan fingerprint density at radius 1 is 1.05 bits per heavy atom. The third-order valence-electron chi connectivity index (χ3n) is 2.77. The second kappa shape index (κ2) is 5.79.